The van der Waals surface area contributed by atoms with Gasteiger partial charge in [-0.05, 0) is 43.2 Å². The van der Waals surface area contributed by atoms with E-state index in [0.717, 1.165) is 33.4 Å². The lowest BCUT2D eigenvalue weighted by Gasteiger charge is -2.09. The number of ether oxygens (including phenoxy) is 1. The van der Waals surface area contributed by atoms with Gasteiger partial charge in [-0.15, -0.1) is 10.2 Å². The molecule has 0 aliphatic carbocycles. The van der Waals surface area contributed by atoms with Gasteiger partial charge in [-0.1, -0.05) is 48.2 Å². The van der Waals surface area contributed by atoms with E-state index in [1.165, 1.54) is 10.9 Å². The fourth-order valence-corrected chi connectivity index (χ4v) is 3.74. The molecule has 0 fully saturated rings. The minimum atomic E-state index is 0.633. The van der Waals surface area contributed by atoms with Gasteiger partial charge in [-0.2, -0.15) is 0 Å². The van der Waals surface area contributed by atoms with Crippen molar-refractivity contribution in [2.75, 3.05) is 12.4 Å². The largest absolute Gasteiger partial charge is 0.492 e. The highest BCUT2D eigenvalue weighted by Gasteiger charge is 2.11. The number of rotatable bonds is 5. The van der Waals surface area contributed by atoms with Crippen LogP contribution >= 0.6 is 11.8 Å². The van der Waals surface area contributed by atoms with Gasteiger partial charge < -0.3 is 4.74 Å². The van der Waals surface area contributed by atoms with Crippen LogP contribution in [0.2, 0.25) is 0 Å². The highest BCUT2D eigenvalue weighted by Crippen LogP contribution is 2.26. The zero-order valence-electron chi connectivity index (χ0n) is 14.3. The monoisotopic (exact) mass is 349 g/mol. The average Bonchev–Trinajstić information content (AvgIpc) is 3.03. The van der Waals surface area contributed by atoms with Crippen LogP contribution in [0.3, 0.4) is 0 Å². The number of aryl methyl sites for hydroxylation is 2. The number of thioether (sulfide) groups is 1. The molecule has 2 heterocycles. The van der Waals surface area contributed by atoms with E-state index in [4.69, 9.17) is 4.74 Å². The maximum absolute atomic E-state index is 5.88. The Morgan fingerprint density at radius 1 is 0.960 bits per heavy atom. The lowest BCUT2D eigenvalue weighted by Crippen LogP contribution is -2.02. The van der Waals surface area contributed by atoms with Crippen LogP contribution in [0.1, 0.15) is 11.1 Å². The number of fused-ring (bicyclic) bond motifs is 3. The van der Waals surface area contributed by atoms with E-state index in [1.54, 1.807) is 11.8 Å². The molecule has 4 nitrogen and oxygen atoms in total. The summed E-state index contributed by atoms with van der Waals surface area (Å²) < 4.78 is 8.00. The highest BCUT2D eigenvalue weighted by molar-refractivity contribution is 7.99. The SMILES string of the molecule is Cc1ccccc1OCCSc1nnc2cc(C)c3ccccc3n12. The minimum Gasteiger partial charge on any atom is -0.492 e. The van der Waals surface area contributed by atoms with Crippen LogP contribution in [0, 0.1) is 13.8 Å². The summed E-state index contributed by atoms with van der Waals surface area (Å²) in [6.45, 7) is 4.80. The van der Waals surface area contributed by atoms with Crippen LogP contribution in [0.4, 0.5) is 0 Å². The molecule has 0 spiro atoms. The van der Waals surface area contributed by atoms with E-state index >= 15 is 0 Å². The van der Waals surface area contributed by atoms with E-state index < -0.39 is 0 Å². The molecule has 0 unspecified atom stereocenters. The maximum atomic E-state index is 5.88. The summed E-state index contributed by atoms with van der Waals surface area (Å²) in [6.07, 6.45) is 0. The smallest absolute Gasteiger partial charge is 0.196 e. The number of para-hydroxylation sites is 2. The van der Waals surface area contributed by atoms with Gasteiger partial charge in [0.15, 0.2) is 10.8 Å². The molecule has 0 amide bonds. The summed E-state index contributed by atoms with van der Waals surface area (Å²) in [5, 5.41) is 10.8. The first-order valence-electron chi connectivity index (χ1n) is 8.29. The fourth-order valence-electron chi connectivity index (χ4n) is 2.97. The van der Waals surface area contributed by atoms with Gasteiger partial charge in [0.1, 0.15) is 5.75 Å². The maximum Gasteiger partial charge on any atom is 0.196 e. The molecule has 2 aromatic heterocycles. The Morgan fingerprint density at radius 3 is 2.64 bits per heavy atom. The molecule has 5 heteroatoms. The second-order valence-electron chi connectivity index (χ2n) is 5.98. The molecule has 0 radical (unpaired) electrons. The number of benzene rings is 2. The van der Waals surface area contributed by atoms with Crippen molar-refractivity contribution < 1.29 is 4.74 Å². The first kappa shape index (κ1) is 16.0. The van der Waals surface area contributed by atoms with Crippen LogP contribution in [0.25, 0.3) is 16.6 Å². The van der Waals surface area contributed by atoms with E-state index in [9.17, 15) is 0 Å². The first-order chi connectivity index (χ1) is 12.2. The van der Waals surface area contributed by atoms with Crippen molar-refractivity contribution in [2.24, 2.45) is 0 Å². The molecule has 2 aromatic carbocycles. The summed E-state index contributed by atoms with van der Waals surface area (Å²) in [5.41, 5.74) is 4.40. The standard InChI is InChI=1S/C20H19N3OS/c1-14-7-3-6-10-18(14)24-11-12-25-20-22-21-19-13-15(2)16-8-4-5-9-17(16)23(19)20/h3-10,13H,11-12H2,1-2H3. The van der Waals surface area contributed by atoms with E-state index in [1.807, 2.05) is 18.2 Å². The summed E-state index contributed by atoms with van der Waals surface area (Å²) in [5.74, 6) is 1.76. The number of pyridine rings is 1. The Labute approximate surface area is 150 Å². The summed E-state index contributed by atoms with van der Waals surface area (Å²) in [7, 11) is 0. The van der Waals surface area contributed by atoms with Crippen LogP contribution < -0.4 is 4.74 Å². The van der Waals surface area contributed by atoms with Crippen molar-refractivity contribution in [1.29, 1.82) is 0 Å². The first-order valence-corrected chi connectivity index (χ1v) is 9.27. The Kier molecular flexibility index (Phi) is 4.32. The van der Waals surface area contributed by atoms with E-state index in [0.29, 0.717) is 6.61 Å². The molecule has 0 aliphatic heterocycles. The molecule has 0 saturated carbocycles. The van der Waals surface area contributed by atoms with Gasteiger partial charge >= 0.3 is 0 Å². The van der Waals surface area contributed by atoms with Crippen LogP contribution in [-0.2, 0) is 0 Å². The zero-order chi connectivity index (χ0) is 17.2. The fraction of sp³-hybridized carbons (Fsp3) is 0.200. The van der Waals surface area contributed by atoms with Crippen molar-refractivity contribution in [2.45, 2.75) is 19.0 Å². The average molecular weight is 349 g/mol. The van der Waals surface area contributed by atoms with Gasteiger partial charge in [0, 0.05) is 11.1 Å². The zero-order valence-corrected chi connectivity index (χ0v) is 15.1. The van der Waals surface area contributed by atoms with E-state index in [2.05, 4.69) is 64.8 Å². The molecule has 0 atom stereocenters. The van der Waals surface area contributed by atoms with Crippen LogP contribution in [-0.4, -0.2) is 27.0 Å². The molecular weight excluding hydrogens is 330 g/mol. The topological polar surface area (TPSA) is 39.4 Å². The number of hydrogen-bond donors (Lipinski definition) is 0. The molecule has 0 N–H and O–H groups in total. The Hall–Kier alpha value is -2.53. The van der Waals surface area contributed by atoms with Gasteiger partial charge in [0.2, 0.25) is 0 Å². The van der Waals surface area contributed by atoms with Crippen molar-refractivity contribution in [3.63, 3.8) is 0 Å². The van der Waals surface area contributed by atoms with Gasteiger partial charge in [0.05, 0.1) is 12.1 Å². The lowest BCUT2D eigenvalue weighted by atomic mass is 10.1. The van der Waals surface area contributed by atoms with Gasteiger partial charge in [-0.3, -0.25) is 4.40 Å². The molecule has 0 saturated heterocycles. The second kappa shape index (κ2) is 6.76. The third-order valence-electron chi connectivity index (χ3n) is 4.24. The van der Waals surface area contributed by atoms with Crippen molar-refractivity contribution in [1.82, 2.24) is 14.6 Å². The molecule has 126 valence electrons. The molecule has 25 heavy (non-hydrogen) atoms. The predicted octanol–water partition coefficient (Wildman–Crippen LogP) is 4.67. The molecule has 0 aliphatic rings. The Bertz CT molecular complexity index is 1040. The normalized spacial score (nSPS) is 11.3. The summed E-state index contributed by atoms with van der Waals surface area (Å²) >= 11 is 1.67. The van der Waals surface area contributed by atoms with Gasteiger partial charge in [0.25, 0.3) is 0 Å². The van der Waals surface area contributed by atoms with Gasteiger partial charge in [-0.25, -0.2) is 0 Å². The molecular formula is C20H19N3OS. The van der Waals surface area contributed by atoms with Crippen molar-refractivity contribution >= 4 is 28.3 Å². The van der Waals surface area contributed by atoms with Crippen LogP contribution in [0.15, 0.2) is 59.8 Å². The quantitative estimate of drug-likeness (QED) is 0.388. The second-order valence-corrected chi connectivity index (χ2v) is 7.05. The summed E-state index contributed by atoms with van der Waals surface area (Å²) in [6, 6.07) is 18.5. The van der Waals surface area contributed by atoms with E-state index in [-0.39, 0.29) is 0 Å². The van der Waals surface area contributed by atoms with Crippen molar-refractivity contribution in [3.05, 3.63) is 65.7 Å². The third-order valence-corrected chi connectivity index (χ3v) is 5.13. The lowest BCUT2D eigenvalue weighted by molar-refractivity contribution is 0.341. The third kappa shape index (κ3) is 3.07. The number of hydrogen-bond acceptors (Lipinski definition) is 4. The number of nitrogens with zero attached hydrogens (tertiary/aromatic N) is 3. The summed E-state index contributed by atoms with van der Waals surface area (Å²) in [4.78, 5) is 0. The molecule has 4 aromatic rings. The Balaban J connectivity index is 1.54. The highest BCUT2D eigenvalue weighted by atomic mass is 32.2. The number of aromatic nitrogens is 3. The minimum absolute atomic E-state index is 0.633. The van der Waals surface area contributed by atoms with Crippen molar-refractivity contribution in [3.8, 4) is 5.75 Å². The van der Waals surface area contributed by atoms with Crippen LogP contribution in [0.5, 0.6) is 5.75 Å². The Morgan fingerprint density at radius 2 is 1.76 bits per heavy atom. The molecule has 4 rings (SSSR count). The molecule has 0 bridgehead atoms. The predicted molar refractivity (Wildman–Crippen MR) is 103 cm³/mol.